The second kappa shape index (κ2) is 5.46. The van der Waals surface area contributed by atoms with E-state index < -0.39 is 0 Å². The average molecular weight is 307 g/mol. The zero-order valence-corrected chi connectivity index (χ0v) is 12.7. The minimum absolute atomic E-state index is 0.114. The lowest BCUT2D eigenvalue weighted by molar-refractivity contribution is 0.0605. The van der Waals surface area contributed by atoms with Gasteiger partial charge in [-0.15, -0.1) is 23.1 Å². The Bertz CT molecular complexity index is 654. The molecule has 2 heterocycles. The summed E-state index contributed by atoms with van der Waals surface area (Å²) in [5.74, 6) is 1.33. The van der Waals surface area contributed by atoms with Crippen molar-refractivity contribution in [1.29, 1.82) is 0 Å². The minimum atomic E-state index is -0.338. The first-order valence-corrected chi connectivity index (χ1v) is 7.93. The van der Waals surface area contributed by atoms with Gasteiger partial charge in [0.05, 0.1) is 12.8 Å². The molecule has 1 aliphatic heterocycles. The van der Waals surface area contributed by atoms with Gasteiger partial charge in [0, 0.05) is 10.6 Å². The van der Waals surface area contributed by atoms with Crippen molar-refractivity contribution in [3.05, 3.63) is 39.8 Å². The number of ether oxygens (including phenoxy) is 2. The number of para-hydroxylation sites is 1. The molecular formula is C14H13NO3S2. The molecule has 0 radical (unpaired) electrons. The second-order valence-corrected chi connectivity index (χ2v) is 6.41. The molecule has 2 aromatic rings. The molecule has 0 amide bonds. The number of benzene rings is 1. The third kappa shape index (κ3) is 2.41. The number of aromatic nitrogens is 1. The van der Waals surface area contributed by atoms with E-state index in [9.17, 15) is 4.79 Å². The van der Waals surface area contributed by atoms with Crippen LogP contribution in [0.2, 0.25) is 0 Å². The normalized spacial score (nSPS) is 17.2. The van der Waals surface area contributed by atoms with Gasteiger partial charge in [-0.3, -0.25) is 0 Å². The molecule has 0 N–H and O–H groups in total. The minimum Gasteiger partial charge on any atom is -0.481 e. The Morgan fingerprint density at radius 2 is 2.25 bits per heavy atom. The van der Waals surface area contributed by atoms with Crippen LogP contribution in [0, 0.1) is 6.92 Å². The van der Waals surface area contributed by atoms with Gasteiger partial charge in [-0.25, -0.2) is 9.78 Å². The molecule has 0 fully saturated rings. The SMILES string of the molecule is COC(=O)c1sc(C2CSc3ccccc3O2)nc1C. The van der Waals surface area contributed by atoms with Crippen LogP contribution >= 0.6 is 23.1 Å². The van der Waals surface area contributed by atoms with Gasteiger partial charge in [-0.2, -0.15) is 0 Å². The van der Waals surface area contributed by atoms with Crippen molar-refractivity contribution < 1.29 is 14.3 Å². The molecular weight excluding hydrogens is 294 g/mol. The van der Waals surface area contributed by atoms with Gasteiger partial charge in [0.1, 0.15) is 15.6 Å². The van der Waals surface area contributed by atoms with Crippen LogP contribution in [0.5, 0.6) is 5.75 Å². The highest BCUT2D eigenvalue weighted by Gasteiger charge is 2.26. The second-order valence-electron chi connectivity index (χ2n) is 4.32. The van der Waals surface area contributed by atoms with E-state index in [1.807, 2.05) is 31.2 Å². The monoisotopic (exact) mass is 307 g/mol. The molecule has 1 unspecified atom stereocenters. The molecule has 1 aliphatic rings. The Balaban J connectivity index is 1.87. The van der Waals surface area contributed by atoms with E-state index in [-0.39, 0.29) is 12.1 Å². The van der Waals surface area contributed by atoms with E-state index in [4.69, 9.17) is 9.47 Å². The van der Waals surface area contributed by atoms with Crippen molar-refractivity contribution in [3.63, 3.8) is 0 Å². The molecule has 1 aromatic carbocycles. The summed E-state index contributed by atoms with van der Waals surface area (Å²) in [6, 6.07) is 7.95. The maximum Gasteiger partial charge on any atom is 0.349 e. The molecule has 1 aromatic heterocycles. The number of methoxy groups -OCH3 is 1. The lowest BCUT2D eigenvalue weighted by Gasteiger charge is -2.23. The van der Waals surface area contributed by atoms with E-state index >= 15 is 0 Å². The molecule has 3 rings (SSSR count). The number of esters is 1. The van der Waals surface area contributed by atoms with Gasteiger partial charge < -0.3 is 9.47 Å². The van der Waals surface area contributed by atoms with Crippen LogP contribution in [0.3, 0.4) is 0 Å². The number of hydrogen-bond acceptors (Lipinski definition) is 6. The fraction of sp³-hybridized carbons (Fsp3) is 0.286. The molecule has 0 bridgehead atoms. The van der Waals surface area contributed by atoms with Gasteiger partial charge in [-0.1, -0.05) is 12.1 Å². The van der Waals surface area contributed by atoms with Gasteiger partial charge in [0.15, 0.2) is 6.10 Å². The standard InChI is InChI=1S/C14H13NO3S2/c1-8-12(14(16)17-2)20-13(15-8)10-7-19-11-6-4-3-5-9(11)18-10/h3-6,10H,7H2,1-2H3. The highest BCUT2D eigenvalue weighted by Crippen LogP contribution is 2.41. The van der Waals surface area contributed by atoms with Gasteiger partial charge in [-0.05, 0) is 19.1 Å². The van der Waals surface area contributed by atoms with E-state index in [0.717, 1.165) is 21.4 Å². The van der Waals surface area contributed by atoms with Crippen molar-refractivity contribution in [3.8, 4) is 5.75 Å². The largest absolute Gasteiger partial charge is 0.481 e. The number of nitrogens with zero attached hydrogens (tertiary/aromatic N) is 1. The van der Waals surface area contributed by atoms with Gasteiger partial charge in [0.2, 0.25) is 0 Å². The number of hydrogen-bond donors (Lipinski definition) is 0. The summed E-state index contributed by atoms with van der Waals surface area (Å²) in [5.41, 5.74) is 0.698. The third-order valence-corrected chi connectivity index (χ3v) is 5.32. The Morgan fingerprint density at radius 1 is 1.45 bits per heavy atom. The topological polar surface area (TPSA) is 48.4 Å². The summed E-state index contributed by atoms with van der Waals surface area (Å²) >= 11 is 3.10. The number of aryl methyl sites for hydroxylation is 1. The van der Waals surface area contributed by atoms with Crippen LogP contribution in [0.15, 0.2) is 29.2 Å². The van der Waals surface area contributed by atoms with Crippen LogP contribution in [-0.2, 0) is 4.74 Å². The molecule has 0 saturated carbocycles. The lowest BCUT2D eigenvalue weighted by atomic mass is 10.3. The Morgan fingerprint density at radius 3 is 3.05 bits per heavy atom. The van der Waals surface area contributed by atoms with Crippen molar-refractivity contribution in [2.45, 2.75) is 17.9 Å². The summed E-state index contributed by atoms with van der Waals surface area (Å²) < 4.78 is 10.7. The predicted molar refractivity (Wildman–Crippen MR) is 78.7 cm³/mol. The lowest BCUT2D eigenvalue weighted by Crippen LogP contribution is -2.14. The number of fused-ring (bicyclic) bond motifs is 1. The highest BCUT2D eigenvalue weighted by atomic mass is 32.2. The molecule has 6 heteroatoms. The molecule has 104 valence electrons. The first kappa shape index (κ1) is 13.5. The molecule has 4 nitrogen and oxygen atoms in total. The maximum absolute atomic E-state index is 11.6. The van der Waals surface area contributed by atoms with Crippen LogP contribution in [0.4, 0.5) is 0 Å². The maximum atomic E-state index is 11.6. The molecule has 0 aliphatic carbocycles. The van der Waals surface area contributed by atoms with Crippen LogP contribution in [0.1, 0.15) is 26.5 Å². The Hall–Kier alpha value is -1.53. The number of carbonyl (C=O) groups excluding carboxylic acids is 1. The molecule has 1 atom stereocenters. The Labute approximate surface area is 125 Å². The zero-order chi connectivity index (χ0) is 14.1. The van der Waals surface area contributed by atoms with Gasteiger partial charge in [0.25, 0.3) is 0 Å². The van der Waals surface area contributed by atoms with Gasteiger partial charge >= 0.3 is 5.97 Å². The Kier molecular flexibility index (Phi) is 3.67. The first-order valence-electron chi connectivity index (χ1n) is 6.13. The smallest absolute Gasteiger partial charge is 0.349 e. The first-order chi connectivity index (χ1) is 9.69. The average Bonchev–Trinajstić information content (AvgIpc) is 2.88. The fourth-order valence-electron chi connectivity index (χ4n) is 1.98. The number of rotatable bonds is 2. The van der Waals surface area contributed by atoms with E-state index in [2.05, 4.69) is 4.98 Å². The third-order valence-electron chi connectivity index (χ3n) is 2.97. The van der Waals surface area contributed by atoms with E-state index in [1.165, 1.54) is 18.4 Å². The number of thiazole rings is 1. The van der Waals surface area contributed by atoms with E-state index in [1.54, 1.807) is 11.8 Å². The van der Waals surface area contributed by atoms with Crippen LogP contribution in [0.25, 0.3) is 0 Å². The molecule has 20 heavy (non-hydrogen) atoms. The fourth-order valence-corrected chi connectivity index (χ4v) is 4.09. The number of carbonyl (C=O) groups is 1. The summed E-state index contributed by atoms with van der Waals surface area (Å²) in [7, 11) is 1.38. The van der Waals surface area contributed by atoms with Crippen molar-refractivity contribution in [2.75, 3.05) is 12.9 Å². The summed E-state index contributed by atoms with van der Waals surface area (Å²) in [6.45, 7) is 1.82. The quantitative estimate of drug-likeness (QED) is 0.795. The van der Waals surface area contributed by atoms with Crippen molar-refractivity contribution in [1.82, 2.24) is 4.98 Å². The van der Waals surface area contributed by atoms with Crippen molar-refractivity contribution >= 4 is 29.1 Å². The van der Waals surface area contributed by atoms with Crippen LogP contribution < -0.4 is 4.74 Å². The van der Waals surface area contributed by atoms with Crippen LogP contribution in [-0.4, -0.2) is 23.8 Å². The zero-order valence-electron chi connectivity index (χ0n) is 11.1. The summed E-state index contributed by atoms with van der Waals surface area (Å²) in [5, 5.41) is 0.824. The number of thioether (sulfide) groups is 1. The molecule has 0 spiro atoms. The summed E-state index contributed by atoms with van der Waals surface area (Å²) in [4.78, 5) is 17.8. The summed E-state index contributed by atoms with van der Waals surface area (Å²) in [6.07, 6.45) is -0.114. The highest BCUT2D eigenvalue weighted by molar-refractivity contribution is 7.99. The molecule has 0 saturated heterocycles. The van der Waals surface area contributed by atoms with Crippen molar-refractivity contribution in [2.24, 2.45) is 0 Å². The van der Waals surface area contributed by atoms with E-state index in [0.29, 0.717) is 10.6 Å². The predicted octanol–water partition coefficient (Wildman–Crippen LogP) is 3.46.